The van der Waals surface area contributed by atoms with E-state index in [0.29, 0.717) is 10.6 Å². The highest BCUT2D eigenvalue weighted by molar-refractivity contribution is 7.08. The number of benzene rings is 1. The van der Waals surface area contributed by atoms with Gasteiger partial charge in [-0.3, -0.25) is 0 Å². The lowest BCUT2D eigenvalue weighted by molar-refractivity contribution is 0.490. The van der Waals surface area contributed by atoms with Gasteiger partial charge in [-0.25, -0.2) is 4.99 Å². The first kappa shape index (κ1) is 18.0. The third kappa shape index (κ3) is 3.92. The molecule has 0 unspecified atom stereocenters. The minimum absolute atomic E-state index is 0.534. The third-order valence-electron chi connectivity index (χ3n) is 3.77. The third-order valence-corrected chi connectivity index (χ3v) is 4.53. The van der Waals surface area contributed by atoms with E-state index in [0.717, 1.165) is 41.2 Å². The summed E-state index contributed by atoms with van der Waals surface area (Å²) in [6.45, 7) is 8.94. The van der Waals surface area contributed by atoms with Gasteiger partial charge in [0.15, 0.2) is 0 Å². The standard InChI is InChI=1S/C18H22N4OS/c1-6-15-14(10-19)18(24-21-15)23-17-9-12(3)16(8-13(17)4)20-11-22(5)7-2/h8-9,11H,6-7H2,1-5H3/b20-11-. The van der Waals surface area contributed by atoms with E-state index in [-0.39, 0.29) is 0 Å². The summed E-state index contributed by atoms with van der Waals surface area (Å²) in [7, 11) is 1.99. The Morgan fingerprint density at radius 3 is 2.71 bits per heavy atom. The van der Waals surface area contributed by atoms with Crippen LogP contribution in [0.4, 0.5) is 5.69 Å². The fourth-order valence-electron chi connectivity index (χ4n) is 2.09. The highest BCUT2D eigenvalue weighted by atomic mass is 32.1. The molecule has 2 aromatic rings. The van der Waals surface area contributed by atoms with E-state index < -0.39 is 0 Å². The zero-order valence-corrected chi connectivity index (χ0v) is 15.6. The summed E-state index contributed by atoms with van der Waals surface area (Å²) in [4.78, 5) is 6.54. The summed E-state index contributed by atoms with van der Waals surface area (Å²) in [6.07, 6.45) is 2.55. The monoisotopic (exact) mass is 342 g/mol. The molecule has 6 heteroatoms. The smallest absolute Gasteiger partial charge is 0.218 e. The highest BCUT2D eigenvalue weighted by Crippen LogP contribution is 2.35. The molecular formula is C18H22N4OS. The average Bonchev–Trinajstić information content (AvgIpc) is 2.97. The molecule has 0 aliphatic rings. The van der Waals surface area contributed by atoms with E-state index >= 15 is 0 Å². The number of hydrogen-bond acceptors (Lipinski definition) is 5. The number of rotatable bonds is 6. The molecule has 0 spiro atoms. The van der Waals surface area contributed by atoms with E-state index in [1.165, 1.54) is 11.5 Å². The van der Waals surface area contributed by atoms with Crippen molar-refractivity contribution in [2.75, 3.05) is 13.6 Å². The number of aromatic nitrogens is 1. The van der Waals surface area contributed by atoms with Crippen LogP contribution >= 0.6 is 11.5 Å². The molecular weight excluding hydrogens is 320 g/mol. The van der Waals surface area contributed by atoms with Crippen molar-refractivity contribution in [2.45, 2.75) is 34.1 Å². The van der Waals surface area contributed by atoms with Crippen LogP contribution in [0.5, 0.6) is 10.8 Å². The van der Waals surface area contributed by atoms with Gasteiger partial charge in [0, 0.05) is 25.1 Å². The van der Waals surface area contributed by atoms with Crippen LogP contribution in [0.3, 0.4) is 0 Å². The normalized spacial score (nSPS) is 10.8. The quantitative estimate of drug-likeness (QED) is 0.568. The molecule has 1 heterocycles. The molecule has 0 saturated heterocycles. The second-order valence-electron chi connectivity index (χ2n) is 5.58. The molecule has 0 N–H and O–H groups in total. The number of aliphatic imine (C=N–C) groups is 1. The molecule has 1 aromatic heterocycles. The van der Waals surface area contributed by atoms with Crippen LogP contribution in [-0.4, -0.2) is 29.2 Å². The molecule has 0 radical (unpaired) electrons. The van der Waals surface area contributed by atoms with E-state index in [9.17, 15) is 5.26 Å². The topological polar surface area (TPSA) is 61.5 Å². The second kappa shape index (κ2) is 7.93. The lowest BCUT2D eigenvalue weighted by Gasteiger charge is -2.12. The molecule has 0 amide bonds. The second-order valence-corrected chi connectivity index (χ2v) is 6.32. The molecule has 2 rings (SSSR count). The Morgan fingerprint density at radius 1 is 1.33 bits per heavy atom. The van der Waals surface area contributed by atoms with Gasteiger partial charge in [0.05, 0.1) is 17.7 Å². The lowest BCUT2D eigenvalue weighted by atomic mass is 10.1. The van der Waals surface area contributed by atoms with E-state index in [1.54, 1.807) is 0 Å². The maximum absolute atomic E-state index is 9.32. The molecule has 0 saturated carbocycles. The predicted molar refractivity (Wildman–Crippen MR) is 98.7 cm³/mol. The average molecular weight is 342 g/mol. The van der Waals surface area contributed by atoms with Crippen LogP contribution in [0.2, 0.25) is 0 Å². The van der Waals surface area contributed by atoms with Crippen molar-refractivity contribution in [3.05, 3.63) is 34.5 Å². The summed E-state index contributed by atoms with van der Waals surface area (Å²) in [5.41, 5.74) is 4.23. The minimum Gasteiger partial charge on any atom is -0.443 e. The van der Waals surface area contributed by atoms with Crippen molar-refractivity contribution in [1.82, 2.24) is 9.27 Å². The first-order valence-electron chi connectivity index (χ1n) is 7.92. The van der Waals surface area contributed by atoms with Crippen molar-refractivity contribution in [2.24, 2.45) is 4.99 Å². The van der Waals surface area contributed by atoms with Crippen LogP contribution in [-0.2, 0) is 6.42 Å². The summed E-state index contributed by atoms with van der Waals surface area (Å²) < 4.78 is 10.3. The van der Waals surface area contributed by atoms with E-state index in [1.807, 2.05) is 51.2 Å². The van der Waals surface area contributed by atoms with Gasteiger partial charge < -0.3 is 9.64 Å². The number of nitrogens with zero attached hydrogens (tertiary/aromatic N) is 4. The van der Waals surface area contributed by atoms with Crippen molar-refractivity contribution in [3.8, 4) is 16.9 Å². The van der Waals surface area contributed by atoms with Crippen molar-refractivity contribution in [1.29, 1.82) is 5.26 Å². The van der Waals surface area contributed by atoms with Crippen LogP contribution < -0.4 is 4.74 Å². The molecule has 0 bridgehead atoms. The Balaban J connectivity index is 2.30. The lowest BCUT2D eigenvalue weighted by Crippen LogP contribution is -2.14. The molecule has 0 fully saturated rings. The number of hydrogen-bond donors (Lipinski definition) is 0. The van der Waals surface area contributed by atoms with Crippen LogP contribution in [0.25, 0.3) is 0 Å². The Bertz CT molecular complexity index is 789. The Hall–Kier alpha value is -2.39. The van der Waals surface area contributed by atoms with E-state index in [4.69, 9.17) is 4.74 Å². The van der Waals surface area contributed by atoms with Gasteiger partial charge in [0.25, 0.3) is 0 Å². The molecule has 126 valence electrons. The van der Waals surface area contributed by atoms with Gasteiger partial charge in [-0.05, 0) is 50.5 Å². The highest BCUT2D eigenvalue weighted by Gasteiger charge is 2.15. The minimum atomic E-state index is 0.534. The van der Waals surface area contributed by atoms with Crippen LogP contribution in [0, 0.1) is 25.2 Å². The Morgan fingerprint density at radius 2 is 2.08 bits per heavy atom. The zero-order chi connectivity index (χ0) is 17.7. The van der Waals surface area contributed by atoms with Gasteiger partial charge in [-0.1, -0.05) is 6.92 Å². The van der Waals surface area contributed by atoms with Crippen LogP contribution in [0.15, 0.2) is 17.1 Å². The van der Waals surface area contributed by atoms with Crippen molar-refractivity contribution in [3.63, 3.8) is 0 Å². The number of aryl methyl sites for hydroxylation is 3. The number of nitriles is 1. The van der Waals surface area contributed by atoms with Crippen molar-refractivity contribution < 1.29 is 4.74 Å². The molecule has 5 nitrogen and oxygen atoms in total. The van der Waals surface area contributed by atoms with E-state index in [2.05, 4.69) is 22.4 Å². The molecule has 0 atom stereocenters. The first-order valence-corrected chi connectivity index (χ1v) is 8.69. The molecule has 0 aliphatic heterocycles. The molecule has 0 aliphatic carbocycles. The fourth-order valence-corrected chi connectivity index (χ4v) is 2.89. The molecule has 24 heavy (non-hydrogen) atoms. The Labute approximate surface area is 147 Å². The summed E-state index contributed by atoms with van der Waals surface area (Å²) in [5, 5.41) is 9.88. The first-order chi connectivity index (χ1) is 11.5. The summed E-state index contributed by atoms with van der Waals surface area (Å²) in [6, 6.07) is 6.15. The van der Waals surface area contributed by atoms with Crippen molar-refractivity contribution >= 4 is 23.6 Å². The van der Waals surface area contributed by atoms with Gasteiger partial charge >= 0.3 is 0 Å². The largest absolute Gasteiger partial charge is 0.443 e. The van der Waals surface area contributed by atoms with Crippen LogP contribution in [0.1, 0.15) is 36.2 Å². The van der Waals surface area contributed by atoms with Gasteiger partial charge in [-0.2, -0.15) is 9.64 Å². The predicted octanol–water partition coefficient (Wildman–Crippen LogP) is 4.60. The SMILES string of the molecule is CCc1nsc(Oc2cc(C)c(/N=C\N(C)CC)cc2C)c1C#N. The Kier molecular flexibility index (Phi) is 5.93. The maximum atomic E-state index is 9.32. The fraction of sp³-hybridized carbons (Fsp3) is 0.389. The summed E-state index contributed by atoms with van der Waals surface area (Å²) in [5.74, 6) is 0.734. The van der Waals surface area contributed by atoms with Gasteiger partial charge in [0.2, 0.25) is 5.06 Å². The summed E-state index contributed by atoms with van der Waals surface area (Å²) >= 11 is 1.23. The van der Waals surface area contributed by atoms with Gasteiger partial charge in [-0.15, -0.1) is 0 Å². The molecule has 1 aromatic carbocycles. The zero-order valence-electron chi connectivity index (χ0n) is 14.8. The van der Waals surface area contributed by atoms with Gasteiger partial charge in [0.1, 0.15) is 17.4 Å². The number of ether oxygens (including phenoxy) is 1. The maximum Gasteiger partial charge on any atom is 0.218 e.